The number of thiocarbonyl (C=S) groups is 1. The summed E-state index contributed by atoms with van der Waals surface area (Å²) in [5.41, 5.74) is 4.59. The van der Waals surface area contributed by atoms with Gasteiger partial charge in [0.15, 0.2) is 0 Å². The van der Waals surface area contributed by atoms with Crippen LogP contribution in [-0.2, 0) is 6.42 Å². The predicted octanol–water partition coefficient (Wildman–Crippen LogP) is 6.53. The van der Waals surface area contributed by atoms with Gasteiger partial charge in [-0.05, 0) is 73.8 Å². The number of nitrogens with one attached hydrogen (secondary N) is 1. The summed E-state index contributed by atoms with van der Waals surface area (Å²) in [4.78, 5) is 7.14. The summed E-state index contributed by atoms with van der Waals surface area (Å²) < 4.78 is 0. The van der Waals surface area contributed by atoms with E-state index in [1.807, 2.05) is 12.1 Å². The quantitative estimate of drug-likeness (QED) is 0.582. The number of hydrogen-bond donors (Lipinski definition) is 1. The summed E-state index contributed by atoms with van der Waals surface area (Å²) in [6.07, 6.45) is 6.71. The molecule has 0 unspecified atom stereocenters. The maximum atomic E-state index is 6.13. The smallest absolute Gasteiger partial charge is 0.202 e. The molecule has 5 heteroatoms. The van der Waals surface area contributed by atoms with Crippen LogP contribution in [0.4, 0.5) is 11.4 Å². The van der Waals surface area contributed by atoms with E-state index in [0.29, 0.717) is 5.11 Å². The molecule has 28 heavy (non-hydrogen) atoms. The average Bonchev–Trinajstić information content (AvgIpc) is 2.95. The SMILES string of the molecule is CCc1cccc(C)c1NC1=NC(=S)N(c2ccc(Cl)cc2)C12CCCCC2. The lowest BCUT2D eigenvalue weighted by Gasteiger charge is -2.43. The number of aliphatic imine (C=N–C) groups is 1. The van der Waals surface area contributed by atoms with Crippen molar-refractivity contribution in [2.75, 3.05) is 10.2 Å². The van der Waals surface area contributed by atoms with Crippen molar-refractivity contribution in [3.05, 3.63) is 58.6 Å². The Bertz CT molecular complexity index is 914. The van der Waals surface area contributed by atoms with Gasteiger partial charge in [0, 0.05) is 16.4 Å². The Morgan fingerprint density at radius 2 is 1.82 bits per heavy atom. The zero-order chi connectivity index (χ0) is 19.7. The van der Waals surface area contributed by atoms with Crippen molar-refractivity contribution in [2.24, 2.45) is 4.99 Å². The second-order valence-electron chi connectivity index (χ2n) is 7.73. The summed E-state index contributed by atoms with van der Waals surface area (Å²) in [5.74, 6) is 0.996. The highest BCUT2D eigenvalue weighted by atomic mass is 35.5. The molecule has 2 aliphatic rings. The van der Waals surface area contributed by atoms with Crippen molar-refractivity contribution in [2.45, 2.75) is 57.9 Å². The number of hydrogen-bond acceptors (Lipinski definition) is 2. The normalized spacial score (nSPS) is 18.5. The van der Waals surface area contributed by atoms with Crippen molar-refractivity contribution in [1.29, 1.82) is 0 Å². The van der Waals surface area contributed by atoms with Gasteiger partial charge in [0.05, 0.1) is 0 Å². The number of amidine groups is 1. The fourth-order valence-corrected chi connectivity index (χ4v) is 5.05. The van der Waals surface area contributed by atoms with Crippen molar-refractivity contribution < 1.29 is 0 Å². The topological polar surface area (TPSA) is 27.6 Å². The molecule has 1 fully saturated rings. The number of rotatable bonds is 3. The molecule has 1 aliphatic heterocycles. The van der Waals surface area contributed by atoms with Crippen LogP contribution in [0.2, 0.25) is 5.02 Å². The van der Waals surface area contributed by atoms with Crippen LogP contribution in [0.15, 0.2) is 47.5 Å². The van der Waals surface area contributed by atoms with Gasteiger partial charge in [-0.25, -0.2) is 4.99 Å². The molecule has 0 saturated heterocycles. The summed E-state index contributed by atoms with van der Waals surface area (Å²) in [6.45, 7) is 4.34. The lowest BCUT2D eigenvalue weighted by Crippen LogP contribution is -2.55. The molecule has 1 spiro atoms. The second-order valence-corrected chi connectivity index (χ2v) is 8.54. The molecule has 1 saturated carbocycles. The molecule has 1 N–H and O–H groups in total. The highest BCUT2D eigenvalue weighted by Gasteiger charge is 2.49. The fraction of sp³-hybridized carbons (Fsp3) is 0.391. The third kappa shape index (κ3) is 3.33. The average molecular weight is 412 g/mol. The van der Waals surface area contributed by atoms with Crippen LogP contribution in [-0.4, -0.2) is 16.5 Å². The highest BCUT2D eigenvalue weighted by molar-refractivity contribution is 7.80. The van der Waals surface area contributed by atoms with Crippen molar-refractivity contribution >= 4 is 46.1 Å². The van der Waals surface area contributed by atoms with Gasteiger partial charge < -0.3 is 10.2 Å². The third-order valence-corrected chi connectivity index (χ3v) is 6.54. The van der Waals surface area contributed by atoms with Crippen molar-refractivity contribution in [3.63, 3.8) is 0 Å². The molecule has 0 radical (unpaired) electrons. The van der Waals surface area contributed by atoms with Crippen LogP contribution < -0.4 is 10.2 Å². The van der Waals surface area contributed by atoms with E-state index < -0.39 is 0 Å². The van der Waals surface area contributed by atoms with E-state index in [-0.39, 0.29) is 5.54 Å². The molecular formula is C23H26ClN3S. The number of para-hydroxylation sites is 1. The Hall–Kier alpha value is -1.91. The molecule has 0 amide bonds. The zero-order valence-electron chi connectivity index (χ0n) is 16.5. The molecule has 2 aromatic rings. The standard InChI is InChI=1S/C23H26ClN3S/c1-3-17-9-7-8-16(2)20(17)25-21-23(14-5-4-6-15-23)27(22(28)26-21)19-12-10-18(24)11-13-19/h7-13H,3-6,14-15H2,1-2H3,(H,25,26,28). The van der Waals surface area contributed by atoms with Crippen LogP contribution in [0.1, 0.15) is 50.2 Å². The van der Waals surface area contributed by atoms with Crippen LogP contribution in [0.5, 0.6) is 0 Å². The first-order chi connectivity index (χ1) is 13.5. The summed E-state index contributed by atoms with van der Waals surface area (Å²) >= 11 is 11.9. The Morgan fingerprint density at radius 1 is 1.11 bits per heavy atom. The van der Waals surface area contributed by atoms with Crippen molar-refractivity contribution in [3.8, 4) is 0 Å². The molecule has 1 aliphatic carbocycles. The van der Waals surface area contributed by atoms with Crippen LogP contribution in [0.25, 0.3) is 0 Å². The summed E-state index contributed by atoms with van der Waals surface area (Å²) in [5, 5.41) is 5.10. The van der Waals surface area contributed by atoms with Crippen LogP contribution in [0, 0.1) is 6.92 Å². The second kappa shape index (κ2) is 7.84. The molecule has 0 bridgehead atoms. The highest BCUT2D eigenvalue weighted by Crippen LogP contribution is 2.42. The molecule has 4 rings (SSSR count). The first kappa shape index (κ1) is 19.4. The van der Waals surface area contributed by atoms with Crippen LogP contribution in [0.3, 0.4) is 0 Å². The van der Waals surface area contributed by atoms with Gasteiger partial charge in [0.1, 0.15) is 11.4 Å². The molecule has 0 atom stereocenters. The third-order valence-electron chi connectivity index (χ3n) is 6.02. The number of nitrogens with zero attached hydrogens (tertiary/aromatic N) is 2. The monoisotopic (exact) mass is 411 g/mol. The van der Waals surface area contributed by atoms with Gasteiger partial charge in [0.2, 0.25) is 5.11 Å². The van der Waals surface area contributed by atoms with E-state index in [2.05, 4.69) is 54.4 Å². The molecule has 146 valence electrons. The predicted molar refractivity (Wildman–Crippen MR) is 124 cm³/mol. The summed E-state index contributed by atoms with van der Waals surface area (Å²) in [6, 6.07) is 14.4. The van der Waals surface area contributed by atoms with E-state index >= 15 is 0 Å². The largest absolute Gasteiger partial charge is 0.341 e. The van der Waals surface area contributed by atoms with E-state index in [4.69, 9.17) is 28.8 Å². The van der Waals surface area contributed by atoms with E-state index in [0.717, 1.165) is 35.8 Å². The summed E-state index contributed by atoms with van der Waals surface area (Å²) in [7, 11) is 0. The Labute approximate surface area is 177 Å². The molecule has 3 nitrogen and oxygen atoms in total. The van der Waals surface area contributed by atoms with E-state index in [1.54, 1.807) is 0 Å². The minimum Gasteiger partial charge on any atom is -0.341 e. The van der Waals surface area contributed by atoms with Gasteiger partial charge in [-0.1, -0.05) is 56.0 Å². The van der Waals surface area contributed by atoms with Gasteiger partial charge in [-0.15, -0.1) is 0 Å². The van der Waals surface area contributed by atoms with Gasteiger partial charge in [-0.3, -0.25) is 0 Å². The number of aryl methyl sites for hydroxylation is 2. The lowest BCUT2D eigenvalue weighted by molar-refractivity contribution is 0.386. The van der Waals surface area contributed by atoms with Crippen molar-refractivity contribution in [1.82, 2.24) is 0 Å². The first-order valence-electron chi connectivity index (χ1n) is 10.1. The number of anilines is 2. The minimum absolute atomic E-state index is 0.198. The molecular weight excluding hydrogens is 386 g/mol. The lowest BCUT2D eigenvalue weighted by atomic mass is 9.79. The molecule has 1 heterocycles. The van der Waals surface area contributed by atoms with Gasteiger partial charge in [0.25, 0.3) is 0 Å². The van der Waals surface area contributed by atoms with Gasteiger partial charge >= 0.3 is 0 Å². The zero-order valence-corrected chi connectivity index (χ0v) is 18.0. The number of benzene rings is 2. The van der Waals surface area contributed by atoms with Crippen LogP contribution >= 0.6 is 23.8 Å². The minimum atomic E-state index is -0.198. The number of halogens is 1. The Kier molecular flexibility index (Phi) is 5.44. The fourth-order valence-electron chi connectivity index (χ4n) is 4.55. The Morgan fingerprint density at radius 3 is 2.50 bits per heavy atom. The molecule has 0 aromatic heterocycles. The van der Waals surface area contributed by atoms with E-state index in [9.17, 15) is 0 Å². The maximum absolute atomic E-state index is 6.13. The van der Waals surface area contributed by atoms with E-state index in [1.165, 1.54) is 36.1 Å². The Balaban J connectivity index is 1.76. The molecule has 2 aromatic carbocycles. The first-order valence-corrected chi connectivity index (χ1v) is 10.9. The maximum Gasteiger partial charge on any atom is 0.202 e. The van der Waals surface area contributed by atoms with Gasteiger partial charge in [-0.2, -0.15) is 0 Å².